The van der Waals surface area contributed by atoms with Gasteiger partial charge in [-0.15, -0.1) is 0 Å². The van der Waals surface area contributed by atoms with Crippen LogP contribution in [0, 0.1) is 6.92 Å². The van der Waals surface area contributed by atoms with Gasteiger partial charge in [-0.1, -0.05) is 13.0 Å². The molecule has 0 aliphatic heterocycles. The summed E-state index contributed by atoms with van der Waals surface area (Å²) in [5.41, 5.74) is 6.38. The van der Waals surface area contributed by atoms with Crippen LogP contribution in [0.1, 0.15) is 24.5 Å². The van der Waals surface area contributed by atoms with E-state index in [4.69, 9.17) is 5.73 Å². The second-order valence-corrected chi connectivity index (χ2v) is 5.80. The molecular formula is C12H16N2O4S. The second-order valence-electron chi connectivity index (χ2n) is 4.11. The number of aryl methyl sites for hydroxylation is 1. The zero-order valence-corrected chi connectivity index (χ0v) is 11.6. The zero-order valence-electron chi connectivity index (χ0n) is 10.8. The number of carbonyl (C=O) groups excluding carboxylic acids is 2. The predicted molar refractivity (Wildman–Crippen MR) is 69.7 cm³/mol. The molecular weight excluding hydrogens is 268 g/mol. The lowest BCUT2D eigenvalue weighted by molar-refractivity contribution is -0.119. The summed E-state index contributed by atoms with van der Waals surface area (Å²) in [7, 11) is -3.86. The minimum atomic E-state index is -3.86. The van der Waals surface area contributed by atoms with Gasteiger partial charge in [0.2, 0.25) is 11.8 Å². The van der Waals surface area contributed by atoms with Crippen molar-refractivity contribution >= 4 is 21.8 Å². The first-order valence-corrected chi connectivity index (χ1v) is 7.18. The summed E-state index contributed by atoms with van der Waals surface area (Å²) in [5, 5.41) is 0. The fraction of sp³-hybridized carbons (Fsp3) is 0.333. The van der Waals surface area contributed by atoms with Crippen molar-refractivity contribution in [2.24, 2.45) is 5.73 Å². The highest BCUT2D eigenvalue weighted by molar-refractivity contribution is 7.90. The molecule has 1 rings (SSSR count). The van der Waals surface area contributed by atoms with Crippen LogP contribution in [0.2, 0.25) is 0 Å². The van der Waals surface area contributed by atoms with Gasteiger partial charge in [0.1, 0.15) is 0 Å². The molecule has 0 radical (unpaired) electrons. The number of nitrogens with two attached hydrogens (primary N) is 1. The first-order valence-electron chi connectivity index (χ1n) is 5.69. The van der Waals surface area contributed by atoms with Crippen molar-refractivity contribution in [2.75, 3.05) is 0 Å². The third kappa shape index (κ3) is 4.06. The summed E-state index contributed by atoms with van der Waals surface area (Å²) in [4.78, 5) is 22.0. The SMILES string of the molecule is CCC(=O)NS(=O)(=O)c1ccc(CC(N)=O)c(C)c1. The highest BCUT2D eigenvalue weighted by Crippen LogP contribution is 2.16. The average molecular weight is 284 g/mol. The van der Waals surface area contributed by atoms with Crippen molar-refractivity contribution in [1.29, 1.82) is 0 Å². The predicted octanol–water partition coefficient (Wildman–Crippen LogP) is 0.238. The largest absolute Gasteiger partial charge is 0.369 e. The first-order chi connectivity index (χ1) is 8.76. The summed E-state index contributed by atoms with van der Waals surface area (Å²) < 4.78 is 25.7. The summed E-state index contributed by atoms with van der Waals surface area (Å²) in [6, 6.07) is 4.27. The third-order valence-electron chi connectivity index (χ3n) is 2.56. The van der Waals surface area contributed by atoms with E-state index in [1.165, 1.54) is 18.2 Å². The Morgan fingerprint density at radius 2 is 1.95 bits per heavy atom. The van der Waals surface area contributed by atoms with Crippen molar-refractivity contribution in [1.82, 2.24) is 4.72 Å². The van der Waals surface area contributed by atoms with Crippen LogP contribution in [-0.2, 0) is 26.0 Å². The Balaban J connectivity index is 3.06. The van der Waals surface area contributed by atoms with E-state index in [0.717, 1.165) is 0 Å². The lowest BCUT2D eigenvalue weighted by Gasteiger charge is -2.09. The van der Waals surface area contributed by atoms with Gasteiger partial charge in [-0.2, -0.15) is 0 Å². The standard InChI is InChI=1S/C12H16N2O4S/c1-3-12(16)14-19(17,18)10-5-4-9(7-11(13)15)8(2)6-10/h4-6H,3,7H2,1-2H3,(H2,13,15)(H,14,16). The van der Waals surface area contributed by atoms with Gasteiger partial charge in [0, 0.05) is 6.42 Å². The van der Waals surface area contributed by atoms with Crippen LogP contribution >= 0.6 is 0 Å². The van der Waals surface area contributed by atoms with Crippen LogP contribution in [0.4, 0.5) is 0 Å². The van der Waals surface area contributed by atoms with Crippen LogP contribution in [0.25, 0.3) is 0 Å². The van der Waals surface area contributed by atoms with Crippen LogP contribution in [-0.4, -0.2) is 20.2 Å². The van der Waals surface area contributed by atoms with Gasteiger partial charge in [0.05, 0.1) is 11.3 Å². The Morgan fingerprint density at radius 3 is 2.42 bits per heavy atom. The quantitative estimate of drug-likeness (QED) is 0.807. The van der Waals surface area contributed by atoms with Crippen molar-refractivity contribution in [3.05, 3.63) is 29.3 Å². The van der Waals surface area contributed by atoms with Gasteiger partial charge in [0.25, 0.3) is 10.0 Å². The number of hydrogen-bond acceptors (Lipinski definition) is 4. The molecule has 1 aromatic rings. The minimum Gasteiger partial charge on any atom is -0.369 e. The second kappa shape index (κ2) is 5.83. The molecule has 0 saturated heterocycles. The number of amides is 2. The Kier molecular flexibility index (Phi) is 4.66. The maximum atomic E-state index is 11.9. The molecule has 0 fully saturated rings. The Labute approximate surface area is 112 Å². The van der Waals surface area contributed by atoms with Crippen LogP contribution in [0.15, 0.2) is 23.1 Å². The lowest BCUT2D eigenvalue weighted by Crippen LogP contribution is -2.29. The number of rotatable bonds is 5. The Bertz CT molecular complexity index is 608. The van der Waals surface area contributed by atoms with E-state index in [9.17, 15) is 18.0 Å². The van der Waals surface area contributed by atoms with E-state index in [2.05, 4.69) is 0 Å². The van der Waals surface area contributed by atoms with E-state index < -0.39 is 21.8 Å². The highest BCUT2D eigenvalue weighted by Gasteiger charge is 2.17. The normalized spacial score (nSPS) is 11.1. The maximum absolute atomic E-state index is 11.9. The number of hydrogen-bond donors (Lipinski definition) is 2. The molecule has 1 aromatic carbocycles. The highest BCUT2D eigenvalue weighted by atomic mass is 32.2. The smallest absolute Gasteiger partial charge is 0.264 e. The molecule has 2 amide bonds. The topological polar surface area (TPSA) is 106 Å². The number of nitrogens with one attached hydrogen (secondary N) is 1. The molecule has 7 heteroatoms. The molecule has 6 nitrogen and oxygen atoms in total. The molecule has 0 aromatic heterocycles. The van der Waals surface area contributed by atoms with Gasteiger partial charge >= 0.3 is 0 Å². The van der Waals surface area contributed by atoms with E-state index in [1.54, 1.807) is 13.8 Å². The molecule has 0 heterocycles. The van der Waals surface area contributed by atoms with Crippen LogP contribution < -0.4 is 10.5 Å². The molecule has 0 bridgehead atoms. The first kappa shape index (κ1) is 15.2. The fourth-order valence-electron chi connectivity index (χ4n) is 1.50. The number of benzene rings is 1. The van der Waals surface area contributed by atoms with Crippen molar-refractivity contribution in [2.45, 2.75) is 31.6 Å². The summed E-state index contributed by atoms with van der Waals surface area (Å²) in [6.07, 6.45) is 0.130. The number of primary amides is 1. The van der Waals surface area contributed by atoms with Gasteiger partial charge in [0.15, 0.2) is 0 Å². The lowest BCUT2D eigenvalue weighted by atomic mass is 10.1. The molecule has 0 saturated carbocycles. The molecule has 0 aliphatic rings. The van der Waals surface area contributed by atoms with Crippen molar-refractivity contribution < 1.29 is 18.0 Å². The monoisotopic (exact) mass is 284 g/mol. The Hall–Kier alpha value is -1.89. The van der Waals surface area contributed by atoms with Crippen LogP contribution in [0.3, 0.4) is 0 Å². The number of sulfonamides is 1. The zero-order chi connectivity index (χ0) is 14.6. The summed E-state index contributed by atoms with van der Waals surface area (Å²) >= 11 is 0. The summed E-state index contributed by atoms with van der Waals surface area (Å²) in [6.45, 7) is 3.24. The van der Waals surface area contributed by atoms with Gasteiger partial charge in [-0.25, -0.2) is 13.1 Å². The van der Waals surface area contributed by atoms with E-state index >= 15 is 0 Å². The molecule has 104 valence electrons. The molecule has 0 unspecified atom stereocenters. The average Bonchev–Trinajstić information content (AvgIpc) is 2.30. The molecule has 0 spiro atoms. The Morgan fingerprint density at radius 1 is 1.32 bits per heavy atom. The van der Waals surface area contributed by atoms with E-state index in [-0.39, 0.29) is 17.7 Å². The van der Waals surface area contributed by atoms with Gasteiger partial charge in [-0.05, 0) is 30.2 Å². The number of carbonyl (C=O) groups is 2. The molecule has 0 aliphatic carbocycles. The van der Waals surface area contributed by atoms with Gasteiger partial charge in [-0.3, -0.25) is 9.59 Å². The maximum Gasteiger partial charge on any atom is 0.264 e. The van der Waals surface area contributed by atoms with Crippen LogP contribution in [0.5, 0.6) is 0 Å². The summed E-state index contributed by atoms with van der Waals surface area (Å²) in [5.74, 6) is -1.06. The molecule has 3 N–H and O–H groups in total. The minimum absolute atomic E-state index is 0.0139. The third-order valence-corrected chi connectivity index (χ3v) is 3.93. The van der Waals surface area contributed by atoms with Gasteiger partial charge < -0.3 is 5.73 Å². The van der Waals surface area contributed by atoms with E-state index in [0.29, 0.717) is 11.1 Å². The van der Waals surface area contributed by atoms with E-state index in [1.807, 2.05) is 4.72 Å². The fourth-order valence-corrected chi connectivity index (χ4v) is 2.64. The van der Waals surface area contributed by atoms with Crippen molar-refractivity contribution in [3.8, 4) is 0 Å². The molecule has 0 atom stereocenters. The van der Waals surface area contributed by atoms with Crippen molar-refractivity contribution in [3.63, 3.8) is 0 Å². The molecule has 19 heavy (non-hydrogen) atoms.